The quantitative estimate of drug-likeness (QED) is 0.933. The lowest BCUT2D eigenvalue weighted by molar-refractivity contribution is 0.123. The summed E-state index contributed by atoms with van der Waals surface area (Å²) in [5.41, 5.74) is 6.69. The third kappa shape index (κ3) is 2.53. The minimum absolute atomic E-state index is 0.0322. The van der Waals surface area contributed by atoms with Crippen molar-refractivity contribution in [2.45, 2.75) is 13.2 Å². The van der Waals surface area contributed by atoms with E-state index >= 15 is 0 Å². The van der Waals surface area contributed by atoms with Gasteiger partial charge in [0.15, 0.2) is 0 Å². The van der Waals surface area contributed by atoms with E-state index in [9.17, 15) is 0 Å². The third-order valence-corrected chi connectivity index (χ3v) is 4.21. The molecule has 0 radical (unpaired) electrons. The predicted molar refractivity (Wildman–Crippen MR) is 83.2 cm³/mol. The number of thiazole rings is 1. The lowest BCUT2D eigenvalue weighted by atomic mass is 9.96. The van der Waals surface area contributed by atoms with Gasteiger partial charge in [-0.2, -0.15) is 0 Å². The largest absolute Gasteiger partial charge is 0.362 e. The molecule has 3 rings (SSSR count). The molecule has 0 bridgehead atoms. The van der Waals surface area contributed by atoms with E-state index in [-0.39, 0.29) is 6.23 Å². The van der Waals surface area contributed by atoms with Crippen LogP contribution in [0.1, 0.15) is 12.5 Å². The van der Waals surface area contributed by atoms with Crippen LogP contribution in [-0.2, 0) is 4.74 Å². The maximum Gasteiger partial charge on any atom is 0.146 e. The van der Waals surface area contributed by atoms with E-state index in [1.54, 1.807) is 18.4 Å². The molecule has 20 heavy (non-hydrogen) atoms. The molecule has 0 fully saturated rings. The number of hydrogen-bond acceptors (Lipinski definition) is 4. The molecule has 1 aliphatic heterocycles. The van der Waals surface area contributed by atoms with E-state index in [0.717, 1.165) is 0 Å². The van der Waals surface area contributed by atoms with Crippen molar-refractivity contribution in [2.75, 3.05) is 7.11 Å². The monoisotopic (exact) mass is 284 g/mol. The van der Waals surface area contributed by atoms with Gasteiger partial charge in [0.2, 0.25) is 0 Å². The Bertz CT molecular complexity index is 642. The Hall–Kier alpha value is -1.91. The average Bonchev–Trinajstić information content (AvgIpc) is 3.01. The first-order valence-electron chi connectivity index (χ1n) is 6.45. The van der Waals surface area contributed by atoms with Gasteiger partial charge < -0.3 is 10.1 Å². The Morgan fingerprint density at radius 1 is 1.20 bits per heavy atom. The van der Waals surface area contributed by atoms with Gasteiger partial charge in [-0.25, -0.2) is 0 Å². The number of benzene rings is 1. The molecule has 0 saturated carbocycles. The zero-order valence-corrected chi connectivity index (χ0v) is 12.3. The Morgan fingerprint density at radius 3 is 2.55 bits per heavy atom. The molecule has 0 spiro atoms. The van der Waals surface area contributed by atoms with Crippen molar-refractivity contribution in [1.82, 2.24) is 10.3 Å². The van der Waals surface area contributed by atoms with Crippen LogP contribution >= 0.6 is 11.3 Å². The van der Waals surface area contributed by atoms with Gasteiger partial charge in [-0.3, -0.25) is 4.98 Å². The van der Waals surface area contributed by atoms with Gasteiger partial charge in [0.1, 0.15) is 6.23 Å². The van der Waals surface area contributed by atoms with Gasteiger partial charge in [-0.15, -0.1) is 11.3 Å². The molecule has 1 aliphatic rings. The highest BCUT2D eigenvalue weighted by Crippen LogP contribution is 2.29. The molecule has 0 saturated heterocycles. The molecule has 3 nitrogen and oxygen atoms in total. The fourth-order valence-electron chi connectivity index (χ4n) is 2.26. The Labute approximate surface area is 122 Å². The van der Waals surface area contributed by atoms with Crippen LogP contribution in [0.3, 0.4) is 0 Å². The third-order valence-electron chi connectivity index (χ3n) is 3.38. The lowest BCUT2D eigenvalue weighted by Gasteiger charge is -2.21. The average molecular weight is 284 g/mol. The molecule has 1 aromatic carbocycles. The minimum Gasteiger partial charge on any atom is -0.362 e. The van der Waals surface area contributed by atoms with Crippen molar-refractivity contribution in [2.24, 2.45) is 0 Å². The smallest absolute Gasteiger partial charge is 0.146 e. The molecule has 2 heterocycles. The summed E-state index contributed by atoms with van der Waals surface area (Å²) >= 11 is 1.66. The van der Waals surface area contributed by atoms with E-state index in [4.69, 9.17) is 4.74 Å². The maximum absolute atomic E-state index is 5.28. The normalized spacial score (nSPS) is 18.2. The summed E-state index contributed by atoms with van der Waals surface area (Å²) in [5.74, 6) is 0. The fourth-order valence-corrected chi connectivity index (χ4v) is 2.89. The number of rotatable bonds is 3. The number of allylic oxidation sites excluding steroid dienone is 2. The van der Waals surface area contributed by atoms with Crippen LogP contribution in [0.25, 0.3) is 16.0 Å². The highest BCUT2D eigenvalue weighted by atomic mass is 32.1. The summed E-state index contributed by atoms with van der Waals surface area (Å²) in [7, 11) is 1.70. The van der Waals surface area contributed by atoms with Crippen LogP contribution in [0, 0.1) is 0 Å². The second-order valence-corrected chi connectivity index (χ2v) is 5.56. The van der Waals surface area contributed by atoms with Crippen LogP contribution < -0.4 is 5.32 Å². The maximum atomic E-state index is 5.28. The van der Waals surface area contributed by atoms with Gasteiger partial charge in [-0.1, -0.05) is 24.3 Å². The zero-order valence-electron chi connectivity index (χ0n) is 11.5. The van der Waals surface area contributed by atoms with Crippen molar-refractivity contribution < 1.29 is 4.74 Å². The van der Waals surface area contributed by atoms with Crippen LogP contribution in [0.5, 0.6) is 0 Å². The molecule has 1 unspecified atom stereocenters. The Kier molecular flexibility index (Phi) is 3.67. The topological polar surface area (TPSA) is 34.1 Å². The van der Waals surface area contributed by atoms with Crippen LogP contribution in [-0.4, -0.2) is 18.3 Å². The first-order chi connectivity index (χ1) is 9.78. The summed E-state index contributed by atoms with van der Waals surface area (Å²) < 4.78 is 5.28. The molecule has 2 aromatic rings. The van der Waals surface area contributed by atoms with Crippen LogP contribution in [0.4, 0.5) is 0 Å². The van der Waals surface area contributed by atoms with Gasteiger partial charge in [0.25, 0.3) is 0 Å². The Morgan fingerprint density at radius 2 is 1.95 bits per heavy atom. The second-order valence-electron chi connectivity index (χ2n) is 4.67. The molecule has 1 atom stereocenters. The van der Waals surface area contributed by atoms with E-state index in [0.29, 0.717) is 0 Å². The van der Waals surface area contributed by atoms with Crippen LogP contribution in [0.2, 0.25) is 0 Å². The van der Waals surface area contributed by atoms with Gasteiger partial charge in [0.05, 0.1) is 10.4 Å². The number of nitrogens with one attached hydrogen (secondary N) is 1. The number of hydrogen-bond donors (Lipinski definition) is 1. The molecular weight excluding hydrogens is 268 g/mol. The molecule has 102 valence electrons. The van der Waals surface area contributed by atoms with Crippen molar-refractivity contribution in [1.29, 1.82) is 0 Å². The number of nitrogens with zero attached hydrogens (tertiary/aromatic N) is 1. The minimum atomic E-state index is -0.0322. The van der Waals surface area contributed by atoms with Crippen molar-refractivity contribution >= 4 is 16.9 Å². The summed E-state index contributed by atoms with van der Waals surface area (Å²) in [6, 6.07) is 8.57. The highest BCUT2D eigenvalue weighted by molar-refractivity contribution is 7.13. The standard InChI is InChI=1S/C16H16N2OS/c1-11-7-16(19-2)18-8-14(11)12-3-5-13(6-4-12)15-9-17-10-20-15/h3-10,16,18H,1-2H3. The molecule has 1 N–H and O–H groups in total. The molecule has 0 amide bonds. The van der Waals surface area contributed by atoms with Gasteiger partial charge in [-0.05, 0) is 29.7 Å². The fraction of sp³-hybridized carbons (Fsp3) is 0.188. The van der Waals surface area contributed by atoms with Gasteiger partial charge >= 0.3 is 0 Å². The Balaban J connectivity index is 1.86. The second kappa shape index (κ2) is 5.61. The van der Waals surface area contributed by atoms with Crippen molar-refractivity contribution in [3.8, 4) is 10.4 Å². The molecule has 0 aliphatic carbocycles. The van der Waals surface area contributed by atoms with E-state index in [2.05, 4.69) is 47.6 Å². The molecule has 1 aromatic heterocycles. The first-order valence-corrected chi connectivity index (χ1v) is 7.33. The highest BCUT2D eigenvalue weighted by Gasteiger charge is 2.13. The summed E-state index contributed by atoms with van der Waals surface area (Å²) in [6.45, 7) is 2.11. The van der Waals surface area contributed by atoms with E-state index in [1.807, 2.05) is 17.9 Å². The number of dihydropyridines is 1. The predicted octanol–water partition coefficient (Wildman–Crippen LogP) is 3.67. The summed E-state index contributed by atoms with van der Waals surface area (Å²) in [5, 5.41) is 3.22. The van der Waals surface area contributed by atoms with E-state index < -0.39 is 0 Å². The van der Waals surface area contributed by atoms with Crippen molar-refractivity contribution in [3.05, 3.63) is 59.4 Å². The lowest BCUT2D eigenvalue weighted by Crippen LogP contribution is -2.27. The molecule has 4 heteroatoms. The number of methoxy groups -OCH3 is 1. The first kappa shape index (κ1) is 13.1. The van der Waals surface area contributed by atoms with Gasteiger partial charge in [0, 0.05) is 25.1 Å². The van der Waals surface area contributed by atoms with Crippen molar-refractivity contribution in [3.63, 3.8) is 0 Å². The SMILES string of the molecule is COC1C=C(C)C(c2ccc(-c3cncs3)cc2)=CN1. The van der Waals surface area contributed by atoms with E-state index in [1.165, 1.54) is 27.2 Å². The number of ether oxygens (including phenoxy) is 1. The van der Waals surface area contributed by atoms with Crippen LogP contribution in [0.15, 0.2) is 53.8 Å². The molecular formula is C16H16N2OS. The summed E-state index contributed by atoms with van der Waals surface area (Å²) in [6.07, 6.45) is 5.97. The zero-order chi connectivity index (χ0) is 13.9. The number of aromatic nitrogens is 1. The summed E-state index contributed by atoms with van der Waals surface area (Å²) in [4.78, 5) is 5.31.